The molecular weight excluding hydrogens is 276 g/mol. The average molecular weight is 289 g/mol. The number of pyridine rings is 1. The molecule has 1 aromatic carbocycles. The van der Waals surface area contributed by atoms with Crippen LogP contribution in [-0.4, -0.2) is 17.1 Å². The first-order chi connectivity index (χ1) is 10.1. The van der Waals surface area contributed by atoms with Gasteiger partial charge in [-0.3, -0.25) is 4.98 Å². The number of halogens is 2. The zero-order chi connectivity index (χ0) is 14.8. The largest absolute Gasteiger partial charge is 0.334 e. The van der Waals surface area contributed by atoms with E-state index in [1.54, 1.807) is 18.2 Å². The van der Waals surface area contributed by atoms with E-state index in [0.29, 0.717) is 12.0 Å². The van der Waals surface area contributed by atoms with Crippen molar-refractivity contribution < 1.29 is 13.6 Å². The number of amides is 2. The highest BCUT2D eigenvalue weighted by Crippen LogP contribution is 2.41. The van der Waals surface area contributed by atoms with Crippen LogP contribution in [0.2, 0.25) is 0 Å². The second-order valence-electron chi connectivity index (χ2n) is 4.92. The lowest BCUT2D eigenvalue weighted by molar-refractivity contribution is 0.251. The van der Waals surface area contributed by atoms with Gasteiger partial charge in [0.05, 0.1) is 11.9 Å². The molecule has 0 saturated heterocycles. The van der Waals surface area contributed by atoms with Gasteiger partial charge in [-0.1, -0.05) is 18.2 Å². The molecule has 2 aromatic rings. The van der Waals surface area contributed by atoms with Gasteiger partial charge in [0.2, 0.25) is 0 Å². The van der Waals surface area contributed by atoms with Crippen LogP contribution in [0.1, 0.15) is 17.9 Å². The normalized spacial score (nSPS) is 19.9. The molecule has 0 spiro atoms. The maximum absolute atomic E-state index is 13.6. The van der Waals surface area contributed by atoms with E-state index < -0.39 is 11.8 Å². The molecule has 1 aliphatic rings. The third-order valence-corrected chi connectivity index (χ3v) is 3.43. The lowest BCUT2D eigenvalue weighted by atomic mass is 10.1. The van der Waals surface area contributed by atoms with Crippen LogP contribution in [0.3, 0.4) is 0 Å². The summed E-state index contributed by atoms with van der Waals surface area (Å²) in [6, 6.07) is 7.23. The molecule has 0 radical (unpaired) electrons. The first-order valence-electron chi connectivity index (χ1n) is 6.56. The molecule has 1 aliphatic carbocycles. The van der Waals surface area contributed by atoms with E-state index in [4.69, 9.17) is 0 Å². The van der Waals surface area contributed by atoms with E-state index in [0.717, 1.165) is 6.20 Å². The maximum atomic E-state index is 13.6. The average Bonchev–Trinajstić information content (AvgIpc) is 3.21. The number of hydrogen-bond donors (Lipinski definition) is 2. The third-order valence-electron chi connectivity index (χ3n) is 3.43. The molecule has 3 rings (SSSR count). The molecule has 2 atom stereocenters. The summed E-state index contributed by atoms with van der Waals surface area (Å²) >= 11 is 0. The second-order valence-corrected chi connectivity index (χ2v) is 4.92. The zero-order valence-electron chi connectivity index (χ0n) is 11.0. The van der Waals surface area contributed by atoms with Crippen LogP contribution < -0.4 is 10.6 Å². The Morgan fingerprint density at radius 1 is 1.19 bits per heavy atom. The van der Waals surface area contributed by atoms with E-state index in [2.05, 4.69) is 15.6 Å². The molecule has 0 unspecified atom stereocenters. The minimum Gasteiger partial charge on any atom is -0.334 e. The van der Waals surface area contributed by atoms with Crippen molar-refractivity contribution in [3.05, 3.63) is 59.9 Å². The van der Waals surface area contributed by atoms with E-state index in [1.165, 1.54) is 18.3 Å². The molecular formula is C15H13F2N3O. The fourth-order valence-corrected chi connectivity index (χ4v) is 2.28. The SMILES string of the molecule is O=C(Nc1ccncc1F)N[C@H]1C[C@H]1c1ccccc1F. The summed E-state index contributed by atoms with van der Waals surface area (Å²) in [6.07, 6.45) is 3.08. The number of nitrogens with one attached hydrogen (secondary N) is 2. The Morgan fingerprint density at radius 2 is 2.00 bits per heavy atom. The van der Waals surface area contributed by atoms with Crippen LogP contribution in [0, 0.1) is 11.6 Å². The van der Waals surface area contributed by atoms with Crippen LogP contribution in [0.15, 0.2) is 42.7 Å². The van der Waals surface area contributed by atoms with Crippen molar-refractivity contribution in [1.29, 1.82) is 0 Å². The maximum Gasteiger partial charge on any atom is 0.319 e. The van der Waals surface area contributed by atoms with Gasteiger partial charge >= 0.3 is 6.03 Å². The van der Waals surface area contributed by atoms with Crippen molar-refractivity contribution in [3.63, 3.8) is 0 Å². The van der Waals surface area contributed by atoms with Crippen LogP contribution >= 0.6 is 0 Å². The van der Waals surface area contributed by atoms with Gasteiger partial charge in [0.25, 0.3) is 0 Å². The van der Waals surface area contributed by atoms with Crippen LogP contribution in [0.5, 0.6) is 0 Å². The molecule has 6 heteroatoms. The lowest BCUT2D eigenvalue weighted by Crippen LogP contribution is -2.31. The Kier molecular flexibility index (Phi) is 3.51. The van der Waals surface area contributed by atoms with Crippen molar-refractivity contribution in [3.8, 4) is 0 Å². The molecule has 2 N–H and O–H groups in total. The topological polar surface area (TPSA) is 54.0 Å². The minimum absolute atomic E-state index is 0.0285. The number of anilines is 1. The molecule has 1 heterocycles. The Hall–Kier alpha value is -2.50. The summed E-state index contributed by atoms with van der Waals surface area (Å²) in [5.41, 5.74) is 0.656. The molecule has 0 aliphatic heterocycles. The number of aromatic nitrogens is 1. The molecule has 2 amide bonds. The Labute approximate surface area is 120 Å². The number of carbonyl (C=O) groups is 1. The molecule has 1 saturated carbocycles. The van der Waals surface area contributed by atoms with Crippen LogP contribution in [0.25, 0.3) is 0 Å². The summed E-state index contributed by atoms with van der Waals surface area (Å²) in [5, 5.41) is 5.11. The van der Waals surface area contributed by atoms with Gasteiger partial charge in [-0.05, 0) is 24.1 Å². The highest BCUT2D eigenvalue weighted by molar-refractivity contribution is 5.89. The van der Waals surface area contributed by atoms with E-state index in [9.17, 15) is 13.6 Å². The number of nitrogens with zero attached hydrogens (tertiary/aromatic N) is 1. The summed E-state index contributed by atoms with van der Waals surface area (Å²) in [7, 11) is 0. The van der Waals surface area contributed by atoms with Gasteiger partial charge in [0.1, 0.15) is 5.82 Å². The molecule has 1 aromatic heterocycles. The van der Waals surface area contributed by atoms with Crippen molar-refractivity contribution >= 4 is 11.7 Å². The van der Waals surface area contributed by atoms with E-state index >= 15 is 0 Å². The third kappa shape index (κ3) is 2.99. The predicted octanol–water partition coefficient (Wildman–Crippen LogP) is 3.04. The van der Waals surface area contributed by atoms with Gasteiger partial charge < -0.3 is 10.6 Å². The number of rotatable bonds is 3. The van der Waals surface area contributed by atoms with Crippen molar-refractivity contribution in [2.24, 2.45) is 0 Å². The zero-order valence-corrected chi connectivity index (χ0v) is 11.0. The highest BCUT2D eigenvalue weighted by Gasteiger charge is 2.41. The number of benzene rings is 1. The number of urea groups is 1. The van der Waals surface area contributed by atoms with Crippen molar-refractivity contribution in [2.75, 3.05) is 5.32 Å². The molecule has 0 bridgehead atoms. The standard InChI is InChI=1S/C15H13F2N3O/c16-11-4-2-1-3-9(11)10-7-14(10)20-15(21)19-13-5-6-18-8-12(13)17/h1-6,8,10,14H,7H2,(H2,18,19,20,21)/t10-,14-/m0/s1. The van der Waals surface area contributed by atoms with Gasteiger partial charge in [0, 0.05) is 18.2 Å². The number of hydrogen-bond acceptors (Lipinski definition) is 2. The predicted molar refractivity (Wildman–Crippen MR) is 73.9 cm³/mol. The quantitative estimate of drug-likeness (QED) is 0.912. The van der Waals surface area contributed by atoms with Gasteiger partial charge in [-0.15, -0.1) is 0 Å². The van der Waals surface area contributed by atoms with Crippen molar-refractivity contribution in [1.82, 2.24) is 10.3 Å². The Balaban J connectivity index is 1.58. The Bertz CT molecular complexity index is 677. The smallest absolute Gasteiger partial charge is 0.319 e. The van der Waals surface area contributed by atoms with Gasteiger partial charge in [-0.2, -0.15) is 0 Å². The molecule has 4 nitrogen and oxygen atoms in total. The molecule has 1 fully saturated rings. The van der Waals surface area contributed by atoms with Crippen molar-refractivity contribution in [2.45, 2.75) is 18.4 Å². The van der Waals surface area contributed by atoms with Gasteiger partial charge in [-0.25, -0.2) is 13.6 Å². The summed E-state index contributed by atoms with van der Waals surface area (Å²) in [4.78, 5) is 15.4. The highest BCUT2D eigenvalue weighted by atomic mass is 19.1. The molecule has 108 valence electrons. The van der Waals surface area contributed by atoms with Gasteiger partial charge in [0.15, 0.2) is 5.82 Å². The van der Waals surface area contributed by atoms with E-state index in [-0.39, 0.29) is 23.5 Å². The van der Waals surface area contributed by atoms with Crippen LogP contribution in [0.4, 0.5) is 19.3 Å². The minimum atomic E-state index is -0.603. The Morgan fingerprint density at radius 3 is 2.76 bits per heavy atom. The fourth-order valence-electron chi connectivity index (χ4n) is 2.28. The first kappa shape index (κ1) is 13.5. The molecule has 21 heavy (non-hydrogen) atoms. The van der Waals surface area contributed by atoms with Crippen LogP contribution in [-0.2, 0) is 0 Å². The summed E-state index contributed by atoms with van der Waals surface area (Å²) in [5.74, 6) is -0.902. The van der Waals surface area contributed by atoms with E-state index in [1.807, 2.05) is 0 Å². The first-order valence-corrected chi connectivity index (χ1v) is 6.56. The summed E-state index contributed by atoms with van der Waals surface area (Å²) in [6.45, 7) is 0. The second kappa shape index (κ2) is 5.47. The summed E-state index contributed by atoms with van der Waals surface area (Å²) < 4.78 is 26.9. The fraction of sp³-hybridized carbons (Fsp3) is 0.200. The number of carbonyl (C=O) groups excluding carboxylic acids is 1. The lowest BCUT2D eigenvalue weighted by Gasteiger charge is -2.08. The monoisotopic (exact) mass is 289 g/mol.